The van der Waals surface area contributed by atoms with E-state index in [9.17, 15) is 4.79 Å². The quantitative estimate of drug-likeness (QED) is 0.883. The third kappa shape index (κ3) is 2.64. The molecule has 1 atom stereocenters. The monoisotopic (exact) mass is 248 g/mol. The molecule has 0 radical (unpaired) electrons. The summed E-state index contributed by atoms with van der Waals surface area (Å²) in [6.07, 6.45) is -0.0324. The molecule has 1 fully saturated rings. The molecule has 4 nitrogen and oxygen atoms in total. The molecule has 2 rings (SSSR count). The number of methoxy groups -OCH3 is 1. The first-order valence-corrected chi connectivity index (χ1v) is 6.28. The van der Waals surface area contributed by atoms with E-state index in [2.05, 4.69) is 19.2 Å². The van der Waals surface area contributed by atoms with Crippen LogP contribution in [0, 0.1) is 5.92 Å². The number of ether oxygens (including phenoxy) is 1. The van der Waals surface area contributed by atoms with E-state index < -0.39 is 0 Å². The Morgan fingerprint density at radius 1 is 1.50 bits per heavy atom. The lowest BCUT2D eigenvalue weighted by Crippen LogP contribution is -2.33. The van der Waals surface area contributed by atoms with Crippen LogP contribution in [0.4, 0.5) is 0 Å². The van der Waals surface area contributed by atoms with E-state index in [4.69, 9.17) is 4.74 Å². The van der Waals surface area contributed by atoms with Gasteiger partial charge in [0.05, 0.1) is 13.7 Å². The van der Waals surface area contributed by atoms with Crippen LogP contribution >= 0.6 is 0 Å². The molecule has 1 aromatic rings. The molecule has 1 saturated heterocycles. The van der Waals surface area contributed by atoms with Gasteiger partial charge < -0.3 is 9.64 Å². The topological polar surface area (TPSA) is 41.6 Å². The van der Waals surface area contributed by atoms with Crippen LogP contribution in [0.15, 0.2) is 24.3 Å². The number of benzene rings is 1. The van der Waals surface area contributed by atoms with Crippen LogP contribution in [0.3, 0.4) is 0 Å². The number of carbonyl (C=O) groups is 1. The predicted octanol–water partition coefficient (Wildman–Crippen LogP) is 1.78. The van der Waals surface area contributed by atoms with Crippen LogP contribution in [-0.2, 0) is 4.79 Å². The Hall–Kier alpha value is -1.55. The van der Waals surface area contributed by atoms with Crippen molar-refractivity contribution in [1.82, 2.24) is 10.2 Å². The summed E-state index contributed by atoms with van der Waals surface area (Å²) in [5, 5.41) is 3.25. The van der Waals surface area contributed by atoms with Crippen LogP contribution in [0.2, 0.25) is 0 Å². The fourth-order valence-corrected chi connectivity index (χ4v) is 2.25. The van der Waals surface area contributed by atoms with Crippen molar-refractivity contribution in [3.05, 3.63) is 29.8 Å². The van der Waals surface area contributed by atoms with E-state index in [1.165, 1.54) is 0 Å². The molecule has 18 heavy (non-hydrogen) atoms. The Balaban J connectivity index is 2.22. The number of amides is 1. The van der Waals surface area contributed by atoms with E-state index in [0.717, 1.165) is 17.9 Å². The molecule has 0 saturated carbocycles. The van der Waals surface area contributed by atoms with E-state index >= 15 is 0 Å². The molecule has 1 N–H and O–H groups in total. The number of nitrogens with zero attached hydrogens (tertiary/aromatic N) is 1. The molecule has 1 aliphatic rings. The highest BCUT2D eigenvalue weighted by Crippen LogP contribution is 2.26. The van der Waals surface area contributed by atoms with Crippen LogP contribution in [-0.4, -0.2) is 31.0 Å². The molecule has 1 amide bonds. The highest BCUT2D eigenvalue weighted by Gasteiger charge is 2.31. The maximum Gasteiger partial charge on any atom is 0.238 e. The second kappa shape index (κ2) is 5.40. The average Bonchev–Trinajstić information content (AvgIpc) is 2.71. The second-order valence-corrected chi connectivity index (χ2v) is 5.00. The minimum atomic E-state index is -0.0324. The van der Waals surface area contributed by atoms with Gasteiger partial charge in [-0.3, -0.25) is 10.1 Å². The van der Waals surface area contributed by atoms with Gasteiger partial charge in [0.25, 0.3) is 0 Å². The Morgan fingerprint density at radius 2 is 2.28 bits per heavy atom. The van der Waals surface area contributed by atoms with Gasteiger partial charge in [-0.2, -0.15) is 0 Å². The molecule has 4 heteroatoms. The Labute approximate surface area is 108 Å². The van der Waals surface area contributed by atoms with Crippen molar-refractivity contribution in [3.8, 4) is 5.75 Å². The van der Waals surface area contributed by atoms with Gasteiger partial charge in [0.15, 0.2) is 0 Å². The number of hydrogen-bond donors (Lipinski definition) is 1. The zero-order valence-electron chi connectivity index (χ0n) is 11.1. The van der Waals surface area contributed by atoms with Crippen LogP contribution < -0.4 is 10.1 Å². The maximum absolute atomic E-state index is 11.9. The van der Waals surface area contributed by atoms with Gasteiger partial charge in [0.2, 0.25) is 5.91 Å². The highest BCUT2D eigenvalue weighted by molar-refractivity contribution is 5.81. The molecule has 1 aromatic carbocycles. The third-order valence-electron chi connectivity index (χ3n) is 3.05. The molecule has 1 aliphatic heterocycles. The number of carbonyl (C=O) groups excluding carboxylic acids is 1. The molecular formula is C14H20N2O2. The van der Waals surface area contributed by atoms with Crippen molar-refractivity contribution in [2.24, 2.45) is 5.92 Å². The lowest BCUT2D eigenvalue weighted by atomic mass is 10.1. The molecule has 1 heterocycles. The molecule has 1 unspecified atom stereocenters. The Morgan fingerprint density at radius 3 is 2.94 bits per heavy atom. The molecule has 0 aliphatic carbocycles. The van der Waals surface area contributed by atoms with Crippen molar-refractivity contribution in [2.45, 2.75) is 20.0 Å². The first-order valence-electron chi connectivity index (χ1n) is 6.28. The maximum atomic E-state index is 11.9. The second-order valence-electron chi connectivity index (χ2n) is 5.00. The SMILES string of the molecule is COc1cccc(C2NCC(=O)N2CC(C)C)c1. The first kappa shape index (κ1) is 12.9. The largest absolute Gasteiger partial charge is 0.497 e. The fourth-order valence-electron chi connectivity index (χ4n) is 2.25. The van der Waals surface area contributed by atoms with Gasteiger partial charge in [-0.25, -0.2) is 0 Å². The van der Waals surface area contributed by atoms with Crippen molar-refractivity contribution >= 4 is 5.91 Å². The summed E-state index contributed by atoms with van der Waals surface area (Å²) in [4.78, 5) is 13.8. The number of nitrogens with one attached hydrogen (secondary N) is 1. The lowest BCUT2D eigenvalue weighted by Gasteiger charge is -2.26. The summed E-state index contributed by atoms with van der Waals surface area (Å²) < 4.78 is 5.23. The summed E-state index contributed by atoms with van der Waals surface area (Å²) >= 11 is 0. The molecule has 98 valence electrons. The number of hydrogen-bond acceptors (Lipinski definition) is 3. The standard InChI is InChI=1S/C14H20N2O2/c1-10(2)9-16-13(17)8-15-14(16)11-5-4-6-12(7-11)18-3/h4-7,10,14-15H,8-9H2,1-3H3. The molecule has 0 spiro atoms. The first-order chi connectivity index (χ1) is 8.61. The van der Waals surface area contributed by atoms with E-state index in [1.807, 2.05) is 29.2 Å². The van der Waals surface area contributed by atoms with E-state index in [1.54, 1.807) is 7.11 Å². The summed E-state index contributed by atoms with van der Waals surface area (Å²) in [5.74, 6) is 1.44. The Kier molecular flexibility index (Phi) is 3.87. The van der Waals surface area contributed by atoms with E-state index in [0.29, 0.717) is 12.5 Å². The zero-order valence-corrected chi connectivity index (χ0v) is 11.1. The lowest BCUT2D eigenvalue weighted by molar-refractivity contribution is -0.128. The highest BCUT2D eigenvalue weighted by atomic mass is 16.5. The molecular weight excluding hydrogens is 228 g/mol. The van der Waals surface area contributed by atoms with Crippen LogP contribution in [0.5, 0.6) is 5.75 Å². The van der Waals surface area contributed by atoms with Crippen molar-refractivity contribution in [1.29, 1.82) is 0 Å². The summed E-state index contributed by atoms with van der Waals surface area (Å²) in [7, 11) is 1.65. The smallest absolute Gasteiger partial charge is 0.238 e. The molecule has 0 aromatic heterocycles. The minimum absolute atomic E-state index is 0.0324. The van der Waals surface area contributed by atoms with Gasteiger partial charge in [0.1, 0.15) is 11.9 Å². The summed E-state index contributed by atoms with van der Waals surface area (Å²) in [5.41, 5.74) is 1.07. The van der Waals surface area contributed by atoms with Crippen molar-refractivity contribution < 1.29 is 9.53 Å². The average molecular weight is 248 g/mol. The Bertz CT molecular complexity index is 432. The fraction of sp³-hybridized carbons (Fsp3) is 0.500. The normalized spacial score (nSPS) is 19.7. The third-order valence-corrected chi connectivity index (χ3v) is 3.05. The van der Waals surface area contributed by atoms with Gasteiger partial charge in [-0.1, -0.05) is 26.0 Å². The van der Waals surface area contributed by atoms with Gasteiger partial charge in [-0.15, -0.1) is 0 Å². The van der Waals surface area contributed by atoms with Gasteiger partial charge in [0, 0.05) is 6.54 Å². The van der Waals surface area contributed by atoms with Gasteiger partial charge >= 0.3 is 0 Å². The number of rotatable bonds is 4. The predicted molar refractivity (Wildman–Crippen MR) is 70.3 cm³/mol. The van der Waals surface area contributed by atoms with Crippen LogP contribution in [0.1, 0.15) is 25.6 Å². The minimum Gasteiger partial charge on any atom is -0.497 e. The van der Waals surface area contributed by atoms with Crippen molar-refractivity contribution in [3.63, 3.8) is 0 Å². The summed E-state index contributed by atoms with van der Waals surface area (Å²) in [6.45, 7) is 5.42. The van der Waals surface area contributed by atoms with E-state index in [-0.39, 0.29) is 12.1 Å². The van der Waals surface area contributed by atoms with Crippen LogP contribution in [0.25, 0.3) is 0 Å². The summed E-state index contributed by atoms with van der Waals surface area (Å²) in [6, 6.07) is 7.86. The van der Waals surface area contributed by atoms with Crippen molar-refractivity contribution in [2.75, 3.05) is 20.2 Å². The molecule has 0 bridgehead atoms. The zero-order chi connectivity index (χ0) is 13.1. The van der Waals surface area contributed by atoms with Gasteiger partial charge in [-0.05, 0) is 23.6 Å².